The smallest absolute Gasteiger partial charge is 0.363 e. The Morgan fingerprint density at radius 3 is 2.42 bits per heavy atom. The fourth-order valence-electron chi connectivity index (χ4n) is 2.14. The Bertz CT molecular complexity index is 795. The maximum Gasteiger partial charge on any atom is 0.434 e. The first-order valence-electron chi connectivity index (χ1n) is 7.65. The van der Waals surface area contributed by atoms with Gasteiger partial charge in [0.15, 0.2) is 17.2 Å². The Morgan fingerprint density at radius 1 is 1.12 bits per heavy atom. The van der Waals surface area contributed by atoms with E-state index in [-0.39, 0.29) is 5.82 Å². The largest absolute Gasteiger partial charge is 0.434 e. The molecule has 0 spiro atoms. The van der Waals surface area contributed by atoms with Crippen LogP contribution in [0.4, 0.5) is 19.0 Å². The molecule has 0 unspecified atom stereocenters. The number of hydrogen-bond acceptors (Lipinski definition) is 3. The lowest BCUT2D eigenvalue weighted by molar-refractivity contribution is -0.141. The number of benzene rings is 1. The highest BCUT2D eigenvalue weighted by molar-refractivity contribution is 5.63. The molecular formula is C17H19F3N4. The van der Waals surface area contributed by atoms with Crippen molar-refractivity contribution < 1.29 is 13.2 Å². The maximum absolute atomic E-state index is 13.0. The predicted molar refractivity (Wildman–Crippen MR) is 87.8 cm³/mol. The standard InChI is InChI=1S/C15H13F3N4.C2H6/c1-10-7-20-14-13(19-8-11-5-3-2-4-6-11)21-12(9-22(10)14)15(16,17)18;1-2/h2-7,9H,8H2,1H3,(H,19,21);1-2H3. The van der Waals surface area contributed by atoms with Gasteiger partial charge in [-0.05, 0) is 12.5 Å². The molecule has 128 valence electrons. The summed E-state index contributed by atoms with van der Waals surface area (Å²) in [4.78, 5) is 7.81. The molecule has 4 nitrogen and oxygen atoms in total. The van der Waals surface area contributed by atoms with E-state index < -0.39 is 11.9 Å². The Hall–Kier alpha value is -2.57. The van der Waals surface area contributed by atoms with Gasteiger partial charge in [0.2, 0.25) is 0 Å². The summed E-state index contributed by atoms with van der Waals surface area (Å²) >= 11 is 0. The van der Waals surface area contributed by atoms with Gasteiger partial charge in [-0.25, -0.2) is 9.97 Å². The van der Waals surface area contributed by atoms with Crippen LogP contribution in [0.5, 0.6) is 0 Å². The highest BCUT2D eigenvalue weighted by atomic mass is 19.4. The molecule has 0 atom stereocenters. The molecule has 0 aliphatic heterocycles. The number of nitrogens with one attached hydrogen (secondary N) is 1. The number of hydrogen-bond donors (Lipinski definition) is 1. The lowest BCUT2D eigenvalue weighted by Crippen LogP contribution is -2.13. The molecule has 0 bridgehead atoms. The van der Waals surface area contributed by atoms with Crippen LogP contribution in [-0.4, -0.2) is 14.4 Å². The first-order valence-corrected chi connectivity index (χ1v) is 7.65. The van der Waals surface area contributed by atoms with E-state index >= 15 is 0 Å². The fraction of sp³-hybridized carbons (Fsp3) is 0.294. The second-order valence-electron chi connectivity index (χ2n) is 4.90. The van der Waals surface area contributed by atoms with Crippen LogP contribution >= 0.6 is 0 Å². The normalized spacial score (nSPS) is 11.1. The SMILES string of the molecule is CC.Cc1cnc2c(NCc3ccccc3)nc(C(F)(F)F)cn12. The van der Waals surface area contributed by atoms with E-state index in [0.717, 1.165) is 11.8 Å². The number of anilines is 1. The Balaban J connectivity index is 0.00000100. The Kier molecular flexibility index (Phi) is 5.43. The molecule has 7 heteroatoms. The van der Waals surface area contributed by atoms with Gasteiger partial charge in [-0.1, -0.05) is 44.2 Å². The molecule has 0 amide bonds. The molecule has 0 saturated carbocycles. The average Bonchev–Trinajstić information content (AvgIpc) is 2.96. The number of imidazole rings is 1. The zero-order chi connectivity index (χ0) is 17.7. The number of rotatable bonds is 3. The molecule has 0 aliphatic rings. The predicted octanol–water partition coefficient (Wildman–Crippen LogP) is 4.69. The molecule has 3 aromatic rings. The van der Waals surface area contributed by atoms with Crippen molar-refractivity contribution in [3.63, 3.8) is 0 Å². The van der Waals surface area contributed by atoms with Crippen LogP contribution in [0, 0.1) is 6.92 Å². The third-order valence-electron chi connectivity index (χ3n) is 3.27. The van der Waals surface area contributed by atoms with Gasteiger partial charge < -0.3 is 5.32 Å². The summed E-state index contributed by atoms with van der Waals surface area (Å²) in [5.74, 6) is 0.117. The van der Waals surface area contributed by atoms with E-state index in [9.17, 15) is 13.2 Å². The lowest BCUT2D eigenvalue weighted by atomic mass is 10.2. The molecule has 24 heavy (non-hydrogen) atoms. The minimum Gasteiger partial charge on any atom is -0.363 e. The number of halogens is 3. The van der Waals surface area contributed by atoms with Gasteiger partial charge in [-0.15, -0.1) is 0 Å². The van der Waals surface area contributed by atoms with Gasteiger partial charge in [0.1, 0.15) is 0 Å². The van der Waals surface area contributed by atoms with E-state index in [1.807, 2.05) is 44.2 Å². The number of alkyl halides is 3. The average molecular weight is 336 g/mol. The molecule has 1 aromatic carbocycles. The van der Waals surface area contributed by atoms with E-state index in [0.29, 0.717) is 17.9 Å². The summed E-state index contributed by atoms with van der Waals surface area (Å²) in [5.41, 5.74) is 0.992. The van der Waals surface area contributed by atoms with E-state index in [2.05, 4.69) is 15.3 Å². The summed E-state index contributed by atoms with van der Waals surface area (Å²) < 4.78 is 40.3. The molecule has 0 fully saturated rings. The van der Waals surface area contributed by atoms with Crippen molar-refractivity contribution in [3.05, 3.63) is 59.7 Å². The number of aromatic nitrogens is 3. The number of aryl methyl sites for hydroxylation is 1. The molecule has 0 radical (unpaired) electrons. The molecular weight excluding hydrogens is 317 g/mol. The molecule has 3 rings (SSSR count). The second kappa shape index (κ2) is 7.33. The summed E-state index contributed by atoms with van der Waals surface area (Å²) in [7, 11) is 0. The lowest BCUT2D eigenvalue weighted by Gasteiger charge is -2.12. The van der Waals surface area contributed by atoms with Crippen molar-refractivity contribution in [1.29, 1.82) is 0 Å². The maximum atomic E-state index is 13.0. The summed E-state index contributed by atoms with van der Waals surface area (Å²) in [6, 6.07) is 9.38. The first-order chi connectivity index (χ1) is 11.4. The highest BCUT2D eigenvalue weighted by Gasteiger charge is 2.34. The van der Waals surface area contributed by atoms with Gasteiger partial charge in [0.05, 0.1) is 0 Å². The van der Waals surface area contributed by atoms with Crippen molar-refractivity contribution in [2.45, 2.75) is 33.5 Å². The van der Waals surface area contributed by atoms with Gasteiger partial charge in [0.25, 0.3) is 0 Å². The van der Waals surface area contributed by atoms with Crippen LogP contribution in [0.25, 0.3) is 5.65 Å². The van der Waals surface area contributed by atoms with Crippen molar-refractivity contribution in [2.75, 3.05) is 5.32 Å². The van der Waals surface area contributed by atoms with Gasteiger partial charge >= 0.3 is 6.18 Å². The van der Waals surface area contributed by atoms with E-state index in [1.165, 1.54) is 10.6 Å². The molecule has 0 aliphatic carbocycles. The minimum absolute atomic E-state index is 0.117. The zero-order valence-electron chi connectivity index (χ0n) is 13.7. The molecule has 1 N–H and O–H groups in total. The zero-order valence-corrected chi connectivity index (χ0v) is 13.7. The van der Waals surface area contributed by atoms with Gasteiger partial charge in [-0.2, -0.15) is 13.2 Å². The van der Waals surface area contributed by atoms with Crippen molar-refractivity contribution in [3.8, 4) is 0 Å². The Morgan fingerprint density at radius 2 is 1.79 bits per heavy atom. The van der Waals surface area contributed by atoms with E-state index in [4.69, 9.17) is 0 Å². The topological polar surface area (TPSA) is 42.2 Å². The van der Waals surface area contributed by atoms with Crippen LogP contribution in [0.3, 0.4) is 0 Å². The fourth-order valence-corrected chi connectivity index (χ4v) is 2.14. The third kappa shape index (κ3) is 3.84. The van der Waals surface area contributed by atoms with Crippen LogP contribution in [0.2, 0.25) is 0 Å². The Labute approximate surface area is 138 Å². The number of fused-ring (bicyclic) bond motifs is 1. The molecule has 2 heterocycles. The van der Waals surface area contributed by atoms with Crippen molar-refractivity contribution in [2.24, 2.45) is 0 Å². The van der Waals surface area contributed by atoms with Crippen LogP contribution in [0.15, 0.2) is 42.7 Å². The van der Waals surface area contributed by atoms with Gasteiger partial charge in [0, 0.05) is 24.6 Å². The summed E-state index contributed by atoms with van der Waals surface area (Å²) in [5, 5.41) is 2.94. The van der Waals surface area contributed by atoms with E-state index in [1.54, 1.807) is 6.92 Å². The second-order valence-corrected chi connectivity index (χ2v) is 4.90. The monoisotopic (exact) mass is 336 g/mol. The van der Waals surface area contributed by atoms with Crippen LogP contribution in [0.1, 0.15) is 30.8 Å². The van der Waals surface area contributed by atoms with Crippen molar-refractivity contribution in [1.82, 2.24) is 14.4 Å². The van der Waals surface area contributed by atoms with Crippen LogP contribution in [-0.2, 0) is 12.7 Å². The minimum atomic E-state index is -4.51. The molecule has 2 aromatic heterocycles. The molecule has 0 saturated heterocycles. The number of nitrogens with zero attached hydrogens (tertiary/aromatic N) is 3. The third-order valence-corrected chi connectivity index (χ3v) is 3.27. The summed E-state index contributed by atoms with van der Waals surface area (Å²) in [6.45, 7) is 6.07. The summed E-state index contributed by atoms with van der Waals surface area (Å²) in [6.07, 6.45) is -2.02. The highest BCUT2D eigenvalue weighted by Crippen LogP contribution is 2.30. The first kappa shape index (κ1) is 17.8. The van der Waals surface area contributed by atoms with Crippen LogP contribution < -0.4 is 5.32 Å². The van der Waals surface area contributed by atoms with Crippen molar-refractivity contribution >= 4 is 11.5 Å². The van der Waals surface area contributed by atoms with Gasteiger partial charge in [-0.3, -0.25) is 4.40 Å². The quantitative estimate of drug-likeness (QED) is 0.754.